The molecule has 0 fully saturated rings. The maximum atomic E-state index is 14.1. The Morgan fingerprint density at radius 3 is 2.67 bits per heavy atom. The smallest absolute Gasteiger partial charge is 0.303 e. The number of aliphatic carboxylic acids is 1. The zero-order chi connectivity index (χ0) is 23.8. The Kier molecular flexibility index (Phi) is 8.69. The average Bonchev–Trinajstić information content (AvgIpc) is 2.80. The highest BCUT2D eigenvalue weighted by Gasteiger charge is 2.10. The van der Waals surface area contributed by atoms with Crippen LogP contribution in [0.15, 0.2) is 60.7 Å². The second-order valence-electron chi connectivity index (χ2n) is 7.68. The van der Waals surface area contributed by atoms with E-state index in [2.05, 4.69) is 12.2 Å². The number of nitrogens with one attached hydrogen (secondary N) is 1. The summed E-state index contributed by atoms with van der Waals surface area (Å²) in [5, 5.41) is 12.8. The minimum atomic E-state index is -0.965. The van der Waals surface area contributed by atoms with Crippen molar-refractivity contribution in [3.8, 4) is 22.6 Å². The molecule has 3 rings (SSSR count). The molecule has 33 heavy (non-hydrogen) atoms. The van der Waals surface area contributed by atoms with Gasteiger partial charge in [0, 0.05) is 24.0 Å². The van der Waals surface area contributed by atoms with Gasteiger partial charge in [-0.3, -0.25) is 4.79 Å². The quantitative estimate of drug-likeness (QED) is 0.341. The number of aryl methyl sites for hydroxylation is 1. The molecule has 1 atom stereocenters. The Balaban J connectivity index is 1.62. The molecule has 174 valence electrons. The summed E-state index contributed by atoms with van der Waals surface area (Å²) in [6.07, 6.45) is -0.0124. The lowest BCUT2D eigenvalue weighted by molar-refractivity contribution is -0.136. The minimum absolute atomic E-state index is 0.121. The van der Waals surface area contributed by atoms with Crippen molar-refractivity contribution >= 4 is 17.6 Å². The number of carbonyl (C=O) groups is 1. The van der Waals surface area contributed by atoms with Gasteiger partial charge in [0.05, 0.1) is 7.11 Å². The summed E-state index contributed by atoms with van der Waals surface area (Å²) in [5.41, 5.74) is 2.99. The summed E-state index contributed by atoms with van der Waals surface area (Å²) in [6, 6.07) is 18.0. The maximum absolute atomic E-state index is 14.1. The summed E-state index contributed by atoms with van der Waals surface area (Å²) in [5.74, 6) is 0.0304. The van der Waals surface area contributed by atoms with E-state index >= 15 is 0 Å². The Labute approximate surface area is 198 Å². The van der Waals surface area contributed by atoms with Gasteiger partial charge in [0.2, 0.25) is 0 Å². The van der Waals surface area contributed by atoms with Crippen LogP contribution >= 0.6 is 11.6 Å². The molecule has 0 heterocycles. The molecule has 0 saturated carbocycles. The second-order valence-corrected chi connectivity index (χ2v) is 8.11. The van der Waals surface area contributed by atoms with E-state index < -0.39 is 11.8 Å². The molecule has 0 aliphatic rings. The predicted molar refractivity (Wildman–Crippen MR) is 128 cm³/mol. The molecular formula is C26H27ClFNO4. The molecule has 0 aromatic heterocycles. The van der Waals surface area contributed by atoms with E-state index in [1.54, 1.807) is 31.4 Å². The fourth-order valence-electron chi connectivity index (χ4n) is 3.47. The highest BCUT2D eigenvalue weighted by atomic mass is 35.5. The highest BCUT2D eigenvalue weighted by molar-refractivity contribution is 6.31. The number of methoxy groups -OCH3 is 1. The molecule has 0 aliphatic heterocycles. The van der Waals surface area contributed by atoms with Gasteiger partial charge in [-0.05, 0) is 78.1 Å². The van der Waals surface area contributed by atoms with E-state index in [0.717, 1.165) is 22.4 Å². The van der Waals surface area contributed by atoms with Gasteiger partial charge in [0.1, 0.15) is 23.9 Å². The molecule has 2 N–H and O–H groups in total. The summed E-state index contributed by atoms with van der Waals surface area (Å²) in [6.45, 7) is 3.13. The standard InChI is InChI=1S/C26H27ClFNO4/c1-17(18-4-3-5-23(14-18)32-2)29-10-11-33-24-15-21(13-22(27)16-24)19-6-8-25(28)20(12-19)7-9-26(30)31/h3-6,8,12-17,29H,7,9-11H2,1-2H3,(H,30,31)/t17-/m1/s1. The Morgan fingerprint density at radius 2 is 1.91 bits per heavy atom. The lowest BCUT2D eigenvalue weighted by Crippen LogP contribution is -2.24. The fraction of sp³-hybridized carbons (Fsp3) is 0.269. The molecule has 3 aromatic rings. The number of benzene rings is 3. The first-order chi connectivity index (χ1) is 15.9. The van der Waals surface area contributed by atoms with Crippen LogP contribution in [0.3, 0.4) is 0 Å². The first-order valence-corrected chi connectivity index (χ1v) is 11.0. The van der Waals surface area contributed by atoms with Gasteiger partial charge >= 0.3 is 5.97 Å². The van der Waals surface area contributed by atoms with E-state index in [0.29, 0.717) is 29.5 Å². The molecule has 0 spiro atoms. The number of rotatable bonds is 11. The topological polar surface area (TPSA) is 67.8 Å². The van der Waals surface area contributed by atoms with Crippen molar-refractivity contribution in [2.24, 2.45) is 0 Å². The van der Waals surface area contributed by atoms with E-state index in [9.17, 15) is 9.18 Å². The van der Waals surface area contributed by atoms with Crippen LogP contribution in [0.2, 0.25) is 5.02 Å². The van der Waals surface area contributed by atoms with E-state index in [-0.39, 0.29) is 18.9 Å². The van der Waals surface area contributed by atoms with Crippen molar-refractivity contribution < 1.29 is 23.8 Å². The number of hydrogen-bond acceptors (Lipinski definition) is 4. The largest absolute Gasteiger partial charge is 0.497 e. The van der Waals surface area contributed by atoms with Crippen molar-refractivity contribution in [2.75, 3.05) is 20.3 Å². The summed E-state index contributed by atoms with van der Waals surface area (Å²) in [7, 11) is 1.65. The molecule has 0 amide bonds. The molecule has 0 aliphatic carbocycles. The number of carboxylic acid groups (broad SMARTS) is 1. The zero-order valence-corrected chi connectivity index (χ0v) is 19.4. The van der Waals surface area contributed by atoms with Crippen LogP contribution in [0.1, 0.15) is 30.5 Å². The molecule has 0 unspecified atom stereocenters. The molecule has 0 radical (unpaired) electrons. The van der Waals surface area contributed by atoms with Gasteiger partial charge in [0.25, 0.3) is 0 Å². The van der Waals surface area contributed by atoms with Gasteiger partial charge in [-0.2, -0.15) is 0 Å². The highest BCUT2D eigenvalue weighted by Crippen LogP contribution is 2.30. The summed E-state index contributed by atoms with van der Waals surface area (Å²) >= 11 is 6.29. The normalized spacial score (nSPS) is 11.8. The molecule has 5 nitrogen and oxygen atoms in total. The number of halogens is 2. The van der Waals surface area contributed by atoms with Crippen molar-refractivity contribution in [3.05, 3.63) is 82.6 Å². The van der Waals surface area contributed by atoms with Gasteiger partial charge in [-0.15, -0.1) is 0 Å². The van der Waals surface area contributed by atoms with Crippen LogP contribution < -0.4 is 14.8 Å². The van der Waals surface area contributed by atoms with E-state index in [1.165, 1.54) is 6.07 Å². The third-order valence-corrected chi connectivity index (χ3v) is 5.49. The first-order valence-electron chi connectivity index (χ1n) is 10.7. The number of carboxylic acids is 1. The SMILES string of the molecule is COc1cccc([C@@H](C)NCCOc2cc(Cl)cc(-c3ccc(F)c(CCC(=O)O)c3)c2)c1. The van der Waals surface area contributed by atoms with Crippen molar-refractivity contribution in [1.82, 2.24) is 5.32 Å². The first kappa shape index (κ1) is 24.6. The average molecular weight is 472 g/mol. The zero-order valence-electron chi connectivity index (χ0n) is 18.6. The van der Waals surface area contributed by atoms with Crippen LogP contribution in [-0.2, 0) is 11.2 Å². The number of hydrogen-bond donors (Lipinski definition) is 2. The van der Waals surface area contributed by atoms with E-state index in [1.807, 2.05) is 30.3 Å². The molecule has 0 saturated heterocycles. The van der Waals surface area contributed by atoms with Crippen LogP contribution in [-0.4, -0.2) is 31.3 Å². The lowest BCUT2D eigenvalue weighted by atomic mass is 10.00. The third kappa shape index (κ3) is 7.20. The van der Waals surface area contributed by atoms with Crippen molar-refractivity contribution in [3.63, 3.8) is 0 Å². The Hall–Kier alpha value is -3.09. The Morgan fingerprint density at radius 1 is 1.09 bits per heavy atom. The van der Waals surface area contributed by atoms with Gasteiger partial charge in [-0.1, -0.05) is 29.8 Å². The Bertz CT molecular complexity index is 1110. The van der Waals surface area contributed by atoms with Crippen LogP contribution in [0.25, 0.3) is 11.1 Å². The van der Waals surface area contributed by atoms with Gasteiger partial charge in [-0.25, -0.2) is 4.39 Å². The third-order valence-electron chi connectivity index (χ3n) is 5.27. The van der Waals surface area contributed by atoms with Crippen LogP contribution in [0.5, 0.6) is 11.5 Å². The molecular weight excluding hydrogens is 445 g/mol. The maximum Gasteiger partial charge on any atom is 0.303 e. The van der Waals surface area contributed by atoms with Crippen molar-refractivity contribution in [2.45, 2.75) is 25.8 Å². The van der Waals surface area contributed by atoms with Crippen molar-refractivity contribution in [1.29, 1.82) is 0 Å². The van der Waals surface area contributed by atoms with E-state index in [4.69, 9.17) is 26.2 Å². The molecule has 3 aromatic carbocycles. The number of ether oxygens (including phenoxy) is 2. The van der Waals surface area contributed by atoms with Gasteiger partial charge < -0.3 is 19.9 Å². The summed E-state index contributed by atoms with van der Waals surface area (Å²) < 4.78 is 25.2. The second kappa shape index (κ2) is 11.7. The van der Waals surface area contributed by atoms with Crippen LogP contribution in [0, 0.1) is 5.82 Å². The summed E-state index contributed by atoms with van der Waals surface area (Å²) in [4.78, 5) is 10.8. The lowest BCUT2D eigenvalue weighted by Gasteiger charge is -2.16. The molecule has 7 heteroatoms. The minimum Gasteiger partial charge on any atom is -0.497 e. The monoisotopic (exact) mass is 471 g/mol. The van der Waals surface area contributed by atoms with Crippen LogP contribution in [0.4, 0.5) is 4.39 Å². The predicted octanol–water partition coefficient (Wildman–Crippen LogP) is 5.90. The van der Waals surface area contributed by atoms with Gasteiger partial charge in [0.15, 0.2) is 0 Å². The fourth-order valence-corrected chi connectivity index (χ4v) is 3.70. The molecule has 0 bridgehead atoms.